The molecular weight excluding hydrogens is 314 g/mol. The van der Waals surface area contributed by atoms with Crippen LogP contribution in [-0.2, 0) is 11.2 Å². The van der Waals surface area contributed by atoms with E-state index in [0.717, 1.165) is 31.4 Å². The van der Waals surface area contributed by atoms with Gasteiger partial charge in [0.25, 0.3) is 0 Å². The number of ether oxygens (including phenoxy) is 1. The van der Waals surface area contributed by atoms with Gasteiger partial charge in [0.15, 0.2) is 11.5 Å². The van der Waals surface area contributed by atoms with Crippen molar-refractivity contribution in [2.75, 3.05) is 13.7 Å². The number of methoxy groups -OCH3 is 1. The monoisotopic (exact) mass is 347 g/mol. The molecule has 1 rings (SSSR count). The molecule has 4 nitrogen and oxygen atoms in total. The summed E-state index contributed by atoms with van der Waals surface area (Å²) in [4.78, 5) is 11.9. The van der Waals surface area contributed by atoms with E-state index in [1.165, 1.54) is 39.2 Å². The topological polar surface area (TPSA) is 58.6 Å². The maximum Gasteiger partial charge on any atom is 0.224 e. The van der Waals surface area contributed by atoms with Crippen LogP contribution in [0.5, 0.6) is 11.5 Å². The minimum atomic E-state index is 0.00968. The van der Waals surface area contributed by atoms with Crippen molar-refractivity contribution in [3.8, 4) is 11.5 Å². The van der Waals surface area contributed by atoms with Crippen molar-refractivity contribution in [2.24, 2.45) is 0 Å². The Labute approximate surface area is 152 Å². The highest BCUT2D eigenvalue weighted by molar-refractivity contribution is 5.78. The van der Waals surface area contributed by atoms with Gasteiger partial charge in [0.2, 0.25) is 5.91 Å². The Kier molecular flexibility index (Phi) is 11.2. The first kappa shape index (κ1) is 21.1. The number of carbonyl (C=O) groups is 1. The summed E-state index contributed by atoms with van der Waals surface area (Å²) in [7, 11) is 1.50. The molecule has 0 atom stereocenters. The molecule has 0 unspecified atom stereocenters. The highest BCUT2D eigenvalue weighted by atomic mass is 16.5. The van der Waals surface area contributed by atoms with E-state index in [-0.39, 0.29) is 11.7 Å². The predicted molar refractivity (Wildman–Crippen MR) is 103 cm³/mol. The molecule has 0 fully saturated rings. The Morgan fingerprint density at radius 1 is 1.12 bits per heavy atom. The number of phenols is 1. The van der Waals surface area contributed by atoms with Gasteiger partial charge >= 0.3 is 0 Å². The minimum Gasteiger partial charge on any atom is -0.504 e. The van der Waals surface area contributed by atoms with Crippen LogP contribution >= 0.6 is 0 Å². The molecule has 0 spiro atoms. The average molecular weight is 347 g/mol. The van der Waals surface area contributed by atoms with Crippen molar-refractivity contribution in [1.29, 1.82) is 0 Å². The predicted octanol–water partition coefficient (Wildman–Crippen LogP) is 4.76. The molecule has 0 aromatic heterocycles. The van der Waals surface area contributed by atoms with Crippen molar-refractivity contribution in [3.05, 3.63) is 35.9 Å². The second-order valence-electron chi connectivity index (χ2n) is 6.32. The van der Waals surface area contributed by atoms with Gasteiger partial charge in [-0.05, 0) is 43.4 Å². The first-order valence-electron chi connectivity index (χ1n) is 9.45. The van der Waals surface area contributed by atoms with E-state index in [2.05, 4.69) is 24.4 Å². The van der Waals surface area contributed by atoms with E-state index >= 15 is 0 Å². The van der Waals surface area contributed by atoms with Crippen molar-refractivity contribution < 1.29 is 14.6 Å². The van der Waals surface area contributed by atoms with Crippen LogP contribution in [-0.4, -0.2) is 24.7 Å². The minimum absolute atomic E-state index is 0.00968. The standard InChI is InChI=1S/C21H33NO3/c1-3-4-5-6-7-8-9-10-11-12-15-22-21(24)17-18-13-14-19(23)20(16-18)25-2/h4-5,13-14,16,23H,3,6-12,15,17H2,1-2H3,(H,22,24). The fraction of sp³-hybridized carbons (Fsp3) is 0.571. The number of hydrogen-bond donors (Lipinski definition) is 2. The number of amides is 1. The number of allylic oxidation sites excluding steroid dienone is 2. The summed E-state index contributed by atoms with van der Waals surface area (Å²) in [6.45, 7) is 2.89. The van der Waals surface area contributed by atoms with Gasteiger partial charge in [-0.1, -0.05) is 50.8 Å². The van der Waals surface area contributed by atoms with E-state index in [1.807, 2.05) is 0 Å². The second-order valence-corrected chi connectivity index (χ2v) is 6.32. The number of nitrogens with one attached hydrogen (secondary N) is 1. The summed E-state index contributed by atoms with van der Waals surface area (Å²) in [5.41, 5.74) is 0.837. The van der Waals surface area contributed by atoms with Crippen LogP contribution in [0.4, 0.5) is 0 Å². The molecular formula is C21H33NO3. The third-order valence-corrected chi connectivity index (χ3v) is 4.13. The summed E-state index contributed by atoms with van der Waals surface area (Å²) < 4.78 is 5.05. The number of aromatic hydroxyl groups is 1. The maximum absolute atomic E-state index is 11.9. The van der Waals surface area contributed by atoms with E-state index in [1.54, 1.807) is 18.2 Å². The van der Waals surface area contributed by atoms with Gasteiger partial charge in [0.05, 0.1) is 13.5 Å². The third-order valence-electron chi connectivity index (χ3n) is 4.13. The number of carbonyl (C=O) groups excluding carboxylic acids is 1. The molecule has 0 saturated heterocycles. The number of phenolic OH excluding ortho intramolecular Hbond substituents is 1. The Morgan fingerprint density at radius 3 is 2.56 bits per heavy atom. The van der Waals surface area contributed by atoms with Crippen LogP contribution in [0, 0.1) is 0 Å². The molecule has 1 aromatic rings. The van der Waals surface area contributed by atoms with Crippen LogP contribution in [0.1, 0.15) is 63.9 Å². The van der Waals surface area contributed by atoms with Gasteiger partial charge in [0.1, 0.15) is 0 Å². The lowest BCUT2D eigenvalue weighted by Crippen LogP contribution is -2.26. The van der Waals surface area contributed by atoms with Gasteiger partial charge < -0.3 is 15.2 Å². The van der Waals surface area contributed by atoms with Gasteiger partial charge in [-0.15, -0.1) is 0 Å². The summed E-state index contributed by atoms with van der Waals surface area (Å²) in [5.74, 6) is 0.499. The molecule has 1 amide bonds. The molecule has 0 radical (unpaired) electrons. The maximum atomic E-state index is 11.9. The molecule has 0 aliphatic rings. The van der Waals surface area contributed by atoms with Crippen molar-refractivity contribution >= 4 is 5.91 Å². The zero-order chi connectivity index (χ0) is 18.3. The van der Waals surface area contributed by atoms with Crippen molar-refractivity contribution in [3.63, 3.8) is 0 Å². The van der Waals surface area contributed by atoms with Crippen LogP contribution in [0.15, 0.2) is 30.4 Å². The number of rotatable bonds is 13. The number of hydrogen-bond acceptors (Lipinski definition) is 3. The molecule has 0 aliphatic heterocycles. The molecule has 140 valence electrons. The fourth-order valence-electron chi connectivity index (χ4n) is 2.69. The van der Waals surface area contributed by atoms with Crippen LogP contribution in [0.25, 0.3) is 0 Å². The summed E-state index contributed by atoms with van der Waals surface area (Å²) >= 11 is 0. The first-order valence-corrected chi connectivity index (χ1v) is 9.45. The fourth-order valence-corrected chi connectivity index (χ4v) is 2.69. The molecule has 4 heteroatoms. The second kappa shape index (κ2) is 13.3. The summed E-state index contributed by atoms with van der Waals surface area (Å²) in [6.07, 6.45) is 14.4. The highest BCUT2D eigenvalue weighted by Crippen LogP contribution is 2.26. The smallest absolute Gasteiger partial charge is 0.224 e. The van der Waals surface area contributed by atoms with Crippen molar-refractivity contribution in [2.45, 2.75) is 64.7 Å². The van der Waals surface area contributed by atoms with Crippen LogP contribution in [0.2, 0.25) is 0 Å². The highest BCUT2D eigenvalue weighted by Gasteiger charge is 2.07. The van der Waals surface area contributed by atoms with Gasteiger partial charge in [-0.25, -0.2) is 0 Å². The van der Waals surface area contributed by atoms with E-state index < -0.39 is 0 Å². The Morgan fingerprint density at radius 2 is 1.84 bits per heavy atom. The lowest BCUT2D eigenvalue weighted by Gasteiger charge is -2.08. The average Bonchev–Trinajstić information content (AvgIpc) is 2.61. The zero-order valence-corrected chi connectivity index (χ0v) is 15.7. The van der Waals surface area contributed by atoms with Crippen LogP contribution < -0.4 is 10.1 Å². The summed E-state index contributed by atoms with van der Waals surface area (Å²) in [5, 5.41) is 12.5. The molecule has 25 heavy (non-hydrogen) atoms. The quantitative estimate of drug-likeness (QED) is 0.400. The number of benzene rings is 1. The van der Waals surface area contributed by atoms with E-state index in [0.29, 0.717) is 12.2 Å². The largest absolute Gasteiger partial charge is 0.504 e. The van der Waals surface area contributed by atoms with Crippen LogP contribution in [0.3, 0.4) is 0 Å². The van der Waals surface area contributed by atoms with E-state index in [9.17, 15) is 9.90 Å². The Balaban J connectivity index is 2.05. The SMILES string of the molecule is CCC=CCCCCCCCCNC(=O)Cc1ccc(O)c(OC)c1. The van der Waals surface area contributed by atoms with E-state index in [4.69, 9.17) is 4.74 Å². The van der Waals surface area contributed by atoms with Gasteiger partial charge in [0, 0.05) is 6.54 Å². The zero-order valence-electron chi connectivity index (χ0n) is 15.7. The third kappa shape index (κ3) is 9.80. The van der Waals surface area contributed by atoms with Gasteiger partial charge in [-0.2, -0.15) is 0 Å². The first-order chi connectivity index (χ1) is 12.2. The molecule has 0 aliphatic carbocycles. The van der Waals surface area contributed by atoms with Gasteiger partial charge in [-0.3, -0.25) is 4.79 Å². The molecule has 2 N–H and O–H groups in total. The molecule has 0 saturated carbocycles. The molecule has 0 heterocycles. The Hall–Kier alpha value is -1.97. The number of unbranched alkanes of at least 4 members (excludes halogenated alkanes) is 6. The lowest BCUT2D eigenvalue weighted by molar-refractivity contribution is -0.120. The van der Waals surface area contributed by atoms with Crippen molar-refractivity contribution in [1.82, 2.24) is 5.32 Å². The Bertz CT molecular complexity index is 526. The lowest BCUT2D eigenvalue weighted by atomic mass is 10.1. The summed E-state index contributed by atoms with van der Waals surface area (Å²) in [6, 6.07) is 5.00. The molecule has 0 bridgehead atoms. The normalized spacial score (nSPS) is 11.0. The molecule has 1 aromatic carbocycles.